The molecule has 1 amide bonds. The quantitative estimate of drug-likeness (QED) is 0.927. The van der Waals surface area contributed by atoms with Gasteiger partial charge in [-0.2, -0.15) is 0 Å². The van der Waals surface area contributed by atoms with Gasteiger partial charge in [-0.05, 0) is 31.0 Å². The summed E-state index contributed by atoms with van der Waals surface area (Å²) in [4.78, 5) is 14.7. The van der Waals surface area contributed by atoms with Crippen molar-refractivity contribution in [1.29, 1.82) is 0 Å². The monoisotopic (exact) mass is 308 g/mol. The van der Waals surface area contributed by atoms with Gasteiger partial charge in [0.25, 0.3) is 0 Å². The van der Waals surface area contributed by atoms with E-state index in [1.807, 2.05) is 36.1 Å². The zero-order valence-corrected chi connectivity index (χ0v) is 13.0. The topological polar surface area (TPSA) is 41.6 Å². The van der Waals surface area contributed by atoms with Crippen LogP contribution in [0.15, 0.2) is 24.3 Å². The van der Waals surface area contributed by atoms with Crippen LogP contribution in [-0.4, -0.2) is 43.2 Å². The first kappa shape index (κ1) is 14.8. The predicted octanol–water partition coefficient (Wildman–Crippen LogP) is 2.24. The first-order valence-corrected chi connectivity index (χ1v) is 7.96. The molecule has 21 heavy (non-hydrogen) atoms. The molecule has 2 fully saturated rings. The highest BCUT2D eigenvalue weighted by atomic mass is 35.5. The fourth-order valence-electron chi connectivity index (χ4n) is 3.02. The first-order valence-electron chi connectivity index (χ1n) is 7.59. The van der Waals surface area contributed by atoms with Crippen molar-refractivity contribution in [2.24, 2.45) is 5.92 Å². The number of ether oxygens (including phenoxy) is 1. The third kappa shape index (κ3) is 3.23. The van der Waals surface area contributed by atoms with Gasteiger partial charge < -0.3 is 15.0 Å². The van der Waals surface area contributed by atoms with Crippen LogP contribution >= 0.6 is 11.6 Å². The summed E-state index contributed by atoms with van der Waals surface area (Å²) in [6.45, 7) is 5.01. The number of carbonyl (C=O) groups excluding carboxylic acids is 1. The second kappa shape index (κ2) is 6.34. The Kier molecular flexibility index (Phi) is 4.48. The third-order valence-electron chi connectivity index (χ3n) is 4.19. The molecule has 1 saturated carbocycles. The summed E-state index contributed by atoms with van der Waals surface area (Å²) < 4.78 is 5.55. The van der Waals surface area contributed by atoms with Crippen LogP contribution in [0, 0.1) is 5.92 Å². The standard InChI is InChI=1S/C16H21ClN2O2/c1-2-21-15-9-13(15)16(20)19-7-6-18-10-14(19)11-4-3-5-12(17)8-11/h3-5,8,13-15,18H,2,6-7,9-10H2,1H3. The molecule has 1 aliphatic carbocycles. The molecule has 1 aromatic carbocycles. The van der Waals surface area contributed by atoms with Gasteiger partial charge in [0.15, 0.2) is 0 Å². The summed E-state index contributed by atoms with van der Waals surface area (Å²) in [5.74, 6) is 0.268. The lowest BCUT2D eigenvalue weighted by atomic mass is 10.0. The van der Waals surface area contributed by atoms with Crippen LogP contribution in [0.4, 0.5) is 0 Å². The molecule has 1 aromatic rings. The van der Waals surface area contributed by atoms with Gasteiger partial charge in [-0.25, -0.2) is 0 Å². The van der Waals surface area contributed by atoms with Crippen molar-refractivity contribution in [2.45, 2.75) is 25.5 Å². The lowest BCUT2D eigenvalue weighted by molar-refractivity contribution is -0.137. The van der Waals surface area contributed by atoms with E-state index in [4.69, 9.17) is 16.3 Å². The number of nitrogens with zero attached hydrogens (tertiary/aromatic N) is 1. The lowest BCUT2D eigenvalue weighted by Gasteiger charge is -2.37. The minimum Gasteiger partial charge on any atom is -0.378 e. The summed E-state index contributed by atoms with van der Waals surface area (Å²) in [6.07, 6.45) is 0.983. The number of hydrogen-bond acceptors (Lipinski definition) is 3. The molecule has 3 atom stereocenters. The number of rotatable bonds is 4. The molecule has 0 spiro atoms. The Morgan fingerprint density at radius 2 is 2.38 bits per heavy atom. The van der Waals surface area contributed by atoms with Gasteiger partial charge in [-0.1, -0.05) is 23.7 Å². The molecule has 0 bridgehead atoms. The number of carbonyl (C=O) groups is 1. The van der Waals surface area contributed by atoms with E-state index in [2.05, 4.69) is 5.32 Å². The fraction of sp³-hybridized carbons (Fsp3) is 0.562. The minimum absolute atomic E-state index is 0.0461. The SMILES string of the molecule is CCOC1CC1C(=O)N1CCNCC1c1cccc(Cl)c1. The number of amides is 1. The third-order valence-corrected chi connectivity index (χ3v) is 4.42. The maximum absolute atomic E-state index is 12.7. The second-order valence-corrected chi connectivity index (χ2v) is 6.08. The molecule has 3 unspecified atom stereocenters. The molecule has 114 valence electrons. The van der Waals surface area contributed by atoms with Crippen molar-refractivity contribution in [3.8, 4) is 0 Å². The highest BCUT2D eigenvalue weighted by Gasteiger charge is 2.47. The van der Waals surface area contributed by atoms with E-state index >= 15 is 0 Å². The normalized spacial score (nSPS) is 28.5. The maximum atomic E-state index is 12.7. The van der Waals surface area contributed by atoms with Crippen LogP contribution in [0.3, 0.4) is 0 Å². The van der Waals surface area contributed by atoms with Crippen molar-refractivity contribution >= 4 is 17.5 Å². The first-order chi connectivity index (χ1) is 10.2. The van der Waals surface area contributed by atoms with Gasteiger partial charge in [0.2, 0.25) is 5.91 Å². The highest BCUT2D eigenvalue weighted by Crippen LogP contribution is 2.38. The molecule has 3 rings (SSSR count). The van der Waals surface area contributed by atoms with Gasteiger partial charge in [0, 0.05) is 31.3 Å². The van der Waals surface area contributed by atoms with Gasteiger partial charge in [0.1, 0.15) is 0 Å². The van der Waals surface area contributed by atoms with E-state index < -0.39 is 0 Å². The largest absolute Gasteiger partial charge is 0.378 e. The fourth-order valence-corrected chi connectivity index (χ4v) is 3.22. The van der Waals surface area contributed by atoms with Crippen LogP contribution < -0.4 is 5.32 Å². The van der Waals surface area contributed by atoms with Gasteiger partial charge in [0.05, 0.1) is 18.1 Å². The van der Waals surface area contributed by atoms with E-state index in [0.717, 1.165) is 31.6 Å². The van der Waals surface area contributed by atoms with E-state index in [1.54, 1.807) is 0 Å². The molecular formula is C16H21ClN2O2. The average molecular weight is 309 g/mol. The predicted molar refractivity (Wildman–Crippen MR) is 82.3 cm³/mol. The van der Waals surface area contributed by atoms with Crippen molar-refractivity contribution in [3.63, 3.8) is 0 Å². The van der Waals surface area contributed by atoms with Gasteiger partial charge >= 0.3 is 0 Å². The van der Waals surface area contributed by atoms with Gasteiger partial charge in [-0.3, -0.25) is 4.79 Å². The number of nitrogens with one attached hydrogen (secondary N) is 1. The van der Waals surface area contributed by atoms with Crippen molar-refractivity contribution in [1.82, 2.24) is 10.2 Å². The molecule has 0 radical (unpaired) electrons. The Labute approximate surface area is 130 Å². The van der Waals surface area contributed by atoms with E-state index in [9.17, 15) is 4.79 Å². The van der Waals surface area contributed by atoms with Crippen molar-refractivity contribution in [3.05, 3.63) is 34.9 Å². The summed E-state index contributed by atoms with van der Waals surface area (Å²) >= 11 is 6.09. The lowest BCUT2D eigenvalue weighted by Crippen LogP contribution is -2.49. The number of hydrogen-bond donors (Lipinski definition) is 1. The zero-order chi connectivity index (χ0) is 14.8. The summed E-state index contributed by atoms with van der Waals surface area (Å²) in [5, 5.41) is 4.08. The minimum atomic E-state index is 0.0461. The van der Waals surface area contributed by atoms with Crippen LogP contribution in [0.5, 0.6) is 0 Å². The Morgan fingerprint density at radius 3 is 3.14 bits per heavy atom. The van der Waals surface area contributed by atoms with E-state index in [-0.39, 0.29) is 24.0 Å². The Morgan fingerprint density at radius 1 is 1.52 bits per heavy atom. The van der Waals surface area contributed by atoms with E-state index in [1.165, 1.54) is 0 Å². The molecule has 4 nitrogen and oxygen atoms in total. The summed E-state index contributed by atoms with van der Waals surface area (Å²) in [7, 11) is 0. The molecule has 1 saturated heterocycles. The number of piperazine rings is 1. The molecule has 2 aliphatic rings. The van der Waals surface area contributed by atoms with Crippen LogP contribution in [0.2, 0.25) is 5.02 Å². The van der Waals surface area contributed by atoms with Crippen molar-refractivity contribution in [2.75, 3.05) is 26.2 Å². The van der Waals surface area contributed by atoms with Crippen molar-refractivity contribution < 1.29 is 9.53 Å². The highest BCUT2D eigenvalue weighted by molar-refractivity contribution is 6.30. The number of benzene rings is 1. The summed E-state index contributed by atoms with van der Waals surface area (Å²) in [6, 6.07) is 7.85. The summed E-state index contributed by atoms with van der Waals surface area (Å²) in [5.41, 5.74) is 1.09. The van der Waals surface area contributed by atoms with Gasteiger partial charge in [-0.15, -0.1) is 0 Å². The number of halogens is 1. The Bertz CT molecular complexity index is 523. The van der Waals surface area contributed by atoms with Crippen LogP contribution in [0.1, 0.15) is 24.9 Å². The van der Waals surface area contributed by atoms with Crippen LogP contribution in [0.25, 0.3) is 0 Å². The molecular weight excluding hydrogens is 288 g/mol. The second-order valence-electron chi connectivity index (χ2n) is 5.64. The molecule has 5 heteroatoms. The average Bonchev–Trinajstić information content (AvgIpc) is 3.26. The molecule has 0 aromatic heterocycles. The Hall–Kier alpha value is -1.10. The zero-order valence-electron chi connectivity index (χ0n) is 12.2. The maximum Gasteiger partial charge on any atom is 0.229 e. The van der Waals surface area contributed by atoms with Crippen LogP contribution in [-0.2, 0) is 9.53 Å². The Balaban J connectivity index is 1.74. The molecule has 1 heterocycles. The molecule has 1 aliphatic heterocycles. The smallest absolute Gasteiger partial charge is 0.229 e. The molecule has 1 N–H and O–H groups in total. The van der Waals surface area contributed by atoms with E-state index in [0.29, 0.717) is 11.6 Å².